The Hall–Kier alpha value is -2.71. The summed E-state index contributed by atoms with van der Waals surface area (Å²) in [6.07, 6.45) is 0.965. The summed E-state index contributed by atoms with van der Waals surface area (Å²) in [4.78, 5) is 12.3. The lowest BCUT2D eigenvalue weighted by molar-refractivity contribution is 0.0945. The highest BCUT2D eigenvalue weighted by Crippen LogP contribution is 2.23. The molecule has 0 unspecified atom stereocenters. The van der Waals surface area contributed by atoms with Crippen LogP contribution in [0, 0.1) is 23.1 Å². The molecule has 0 bridgehead atoms. The van der Waals surface area contributed by atoms with Crippen molar-refractivity contribution in [3.8, 4) is 17.2 Å². The lowest BCUT2D eigenvalue weighted by Crippen LogP contribution is -2.29. The van der Waals surface area contributed by atoms with Gasteiger partial charge in [-0.15, -0.1) is 0 Å². The summed E-state index contributed by atoms with van der Waals surface area (Å²) in [7, 11) is 0. The van der Waals surface area contributed by atoms with Crippen LogP contribution >= 0.6 is 0 Å². The smallest absolute Gasteiger partial charge is 0.251 e. The second kappa shape index (κ2) is 7.24. The number of carbonyl (C=O) groups is 1. The molecule has 1 aliphatic heterocycles. The van der Waals surface area contributed by atoms with E-state index in [9.17, 15) is 9.18 Å². The lowest BCUT2D eigenvalue weighted by atomic mass is 10.0. The second-order valence-corrected chi connectivity index (χ2v) is 5.83. The van der Waals surface area contributed by atoms with Crippen LogP contribution in [0.5, 0.6) is 0 Å². The number of hydrogen-bond donors (Lipinski definition) is 1. The van der Waals surface area contributed by atoms with Crippen LogP contribution in [0.2, 0.25) is 0 Å². The molecule has 0 saturated carbocycles. The monoisotopic (exact) mass is 324 g/mol. The first-order valence-electron chi connectivity index (χ1n) is 7.83. The lowest BCUT2D eigenvalue weighted by Gasteiger charge is -2.10. The van der Waals surface area contributed by atoms with Gasteiger partial charge in [0.05, 0.1) is 12.2 Å². The van der Waals surface area contributed by atoms with Gasteiger partial charge in [0, 0.05) is 24.6 Å². The number of halogens is 1. The van der Waals surface area contributed by atoms with E-state index in [0.29, 0.717) is 30.2 Å². The summed E-state index contributed by atoms with van der Waals surface area (Å²) in [5.74, 6) is -0.326. The van der Waals surface area contributed by atoms with E-state index in [4.69, 9.17) is 10.00 Å². The van der Waals surface area contributed by atoms with Gasteiger partial charge in [0.2, 0.25) is 0 Å². The number of nitriles is 1. The third-order valence-electron chi connectivity index (χ3n) is 4.12. The van der Waals surface area contributed by atoms with Crippen molar-refractivity contribution in [2.45, 2.75) is 6.42 Å². The van der Waals surface area contributed by atoms with Crippen LogP contribution < -0.4 is 5.32 Å². The molecule has 0 aromatic heterocycles. The third kappa shape index (κ3) is 3.61. The fourth-order valence-electron chi connectivity index (χ4n) is 2.71. The molecule has 4 nitrogen and oxygen atoms in total. The molecule has 122 valence electrons. The molecular formula is C19H17FN2O2. The first-order valence-corrected chi connectivity index (χ1v) is 7.83. The highest BCUT2D eigenvalue weighted by atomic mass is 19.1. The number of benzene rings is 2. The highest BCUT2D eigenvalue weighted by Gasteiger charge is 2.17. The van der Waals surface area contributed by atoms with Crippen LogP contribution in [0.25, 0.3) is 11.1 Å². The molecule has 1 fully saturated rings. The van der Waals surface area contributed by atoms with Crippen molar-refractivity contribution in [2.75, 3.05) is 19.8 Å². The van der Waals surface area contributed by atoms with Crippen LogP contribution in [-0.2, 0) is 4.74 Å². The molecule has 0 spiro atoms. The number of amides is 1. The van der Waals surface area contributed by atoms with Crippen molar-refractivity contribution in [2.24, 2.45) is 5.92 Å². The number of nitrogens with zero attached hydrogens (tertiary/aromatic N) is 1. The van der Waals surface area contributed by atoms with Gasteiger partial charge in [0.15, 0.2) is 0 Å². The molecule has 1 amide bonds. The number of ether oxygens (including phenoxy) is 1. The van der Waals surface area contributed by atoms with E-state index < -0.39 is 5.82 Å². The summed E-state index contributed by atoms with van der Waals surface area (Å²) in [5, 5.41) is 11.9. The van der Waals surface area contributed by atoms with E-state index >= 15 is 0 Å². The molecule has 5 heteroatoms. The Balaban J connectivity index is 1.76. The minimum atomic E-state index is -0.547. The number of hydrogen-bond acceptors (Lipinski definition) is 3. The fourth-order valence-corrected chi connectivity index (χ4v) is 2.71. The van der Waals surface area contributed by atoms with Crippen molar-refractivity contribution in [3.05, 3.63) is 59.4 Å². The van der Waals surface area contributed by atoms with Gasteiger partial charge in [0.1, 0.15) is 11.9 Å². The first kappa shape index (κ1) is 16.2. The Morgan fingerprint density at radius 3 is 2.88 bits per heavy atom. The van der Waals surface area contributed by atoms with Gasteiger partial charge in [-0.05, 0) is 41.8 Å². The van der Waals surface area contributed by atoms with Gasteiger partial charge < -0.3 is 10.1 Å². The minimum absolute atomic E-state index is 0.0106. The number of nitrogens with one attached hydrogen (secondary N) is 1. The molecule has 2 aromatic rings. The summed E-state index contributed by atoms with van der Waals surface area (Å²) in [5.41, 5.74) is 1.99. The molecule has 2 aromatic carbocycles. The summed E-state index contributed by atoms with van der Waals surface area (Å²) < 4.78 is 18.7. The quantitative estimate of drug-likeness (QED) is 0.940. The summed E-state index contributed by atoms with van der Waals surface area (Å²) in [6.45, 7) is 2.03. The predicted molar refractivity (Wildman–Crippen MR) is 87.8 cm³/mol. The highest BCUT2D eigenvalue weighted by molar-refractivity contribution is 5.95. The topological polar surface area (TPSA) is 62.1 Å². The van der Waals surface area contributed by atoms with Crippen molar-refractivity contribution in [3.63, 3.8) is 0 Å². The summed E-state index contributed by atoms with van der Waals surface area (Å²) >= 11 is 0. The van der Waals surface area contributed by atoms with Crippen molar-refractivity contribution in [1.82, 2.24) is 5.32 Å². The summed E-state index contributed by atoms with van der Waals surface area (Å²) in [6, 6.07) is 13.3. The van der Waals surface area contributed by atoms with Crippen LogP contribution in [0.15, 0.2) is 42.5 Å². The van der Waals surface area contributed by atoms with Crippen LogP contribution in [0.3, 0.4) is 0 Å². The Morgan fingerprint density at radius 1 is 1.29 bits per heavy atom. The van der Waals surface area contributed by atoms with Gasteiger partial charge in [0.25, 0.3) is 5.91 Å². The van der Waals surface area contributed by atoms with Gasteiger partial charge in [-0.1, -0.05) is 18.2 Å². The van der Waals surface area contributed by atoms with Crippen molar-refractivity contribution < 1.29 is 13.9 Å². The van der Waals surface area contributed by atoms with Gasteiger partial charge in [-0.3, -0.25) is 4.79 Å². The van der Waals surface area contributed by atoms with E-state index in [1.807, 2.05) is 12.1 Å². The molecular weight excluding hydrogens is 307 g/mol. The molecule has 0 aliphatic carbocycles. The maximum absolute atomic E-state index is 13.4. The Kier molecular flexibility index (Phi) is 4.88. The Morgan fingerprint density at radius 2 is 2.12 bits per heavy atom. The van der Waals surface area contributed by atoms with Crippen molar-refractivity contribution in [1.29, 1.82) is 5.26 Å². The molecule has 1 atom stereocenters. The molecule has 1 saturated heterocycles. The third-order valence-corrected chi connectivity index (χ3v) is 4.12. The van der Waals surface area contributed by atoms with Gasteiger partial charge in [-0.25, -0.2) is 4.39 Å². The fraction of sp³-hybridized carbons (Fsp3) is 0.263. The zero-order valence-corrected chi connectivity index (χ0v) is 13.1. The molecule has 1 N–H and O–H groups in total. The average molecular weight is 324 g/mol. The maximum Gasteiger partial charge on any atom is 0.251 e. The molecule has 1 aliphatic rings. The zero-order chi connectivity index (χ0) is 16.9. The van der Waals surface area contributed by atoms with E-state index in [0.717, 1.165) is 18.6 Å². The zero-order valence-electron chi connectivity index (χ0n) is 13.1. The normalized spacial score (nSPS) is 16.6. The van der Waals surface area contributed by atoms with Crippen molar-refractivity contribution >= 4 is 5.91 Å². The minimum Gasteiger partial charge on any atom is -0.381 e. The molecule has 0 radical (unpaired) electrons. The standard InChI is InChI=1S/C19H17FN2O2/c20-18-5-4-15(9-17(18)10-21)14-2-1-3-16(8-14)19(23)22-11-13-6-7-24-12-13/h1-5,8-9,13H,6-7,11-12H2,(H,22,23)/t13-/m1/s1. The molecule has 1 heterocycles. The maximum atomic E-state index is 13.4. The average Bonchev–Trinajstić information content (AvgIpc) is 3.14. The van der Waals surface area contributed by atoms with E-state index in [1.165, 1.54) is 12.1 Å². The molecule has 24 heavy (non-hydrogen) atoms. The van der Waals surface area contributed by atoms with Crippen LogP contribution in [0.4, 0.5) is 4.39 Å². The predicted octanol–water partition coefficient (Wildman–Crippen LogP) is 3.13. The van der Waals surface area contributed by atoms with E-state index in [-0.39, 0.29) is 11.5 Å². The van der Waals surface area contributed by atoms with Gasteiger partial charge >= 0.3 is 0 Å². The SMILES string of the molecule is N#Cc1cc(-c2cccc(C(=O)NC[C@H]3CCOC3)c2)ccc1F. The van der Waals surface area contributed by atoms with E-state index in [2.05, 4.69) is 5.32 Å². The largest absolute Gasteiger partial charge is 0.381 e. The molecule has 3 rings (SSSR count). The van der Waals surface area contributed by atoms with Crippen LogP contribution in [0.1, 0.15) is 22.3 Å². The Bertz CT molecular complexity index is 792. The first-order chi connectivity index (χ1) is 11.7. The van der Waals surface area contributed by atoms with E-state index in [1.54, 1.807) is 24.3 Å². The van der Waals surface area contributed by atoms with Gasteiger partial charge in [-0.2, -0.15) is 5.26 Å². The Labute approximate surface area is 139 Å². The van der Waals surface area contributed by atoms with Crippen LogP contribution in [-0.4, -0.2) is 25.7 Å². The number of rotatable bonds is 4. The number of carbonyl (C=O) groups excluding carboxylic acids is 1. The second-order valence-electron chi connectivity index (χ2n) is 5.83.